The van der Waals surface area contributed by atoms with E-state index in [9.17, 15) is 13.2 Å². The first-order chi connectivity index (χ1) is 12.0. The van der Waals surface area contributed by atoms with Gasteiger partial charge in [-0.15, -0.1) is 0 Å². The van der Waals surface area contributed by atoms with Crippen LogP contribution in [0.1, 0.15) is 12.8 Å². The summed E-state index contributed by atoms with van der Waals surface area (Å²) in [4.78, 5) is 12.2. The molecule has 1 amide bonds. The standard InChI is InChI=1S/C18H20N2O4S/c1-20(15-8-3-2-4-9-15)25(22,23)16-10-5-7-14(13-16)19-18(21)17-11-6-12-24-17/h2-5,7-10,13,17H,6,11-12H2,1H3,(H,19,21)/t17-/m1/s1. The summed E-state index contributed by atoms with van der Waals surface area (Å²) in [7, 11) is -2.22. The Bertz CT molecular complexity index is 846. The van der Waals surface area contributed by atoms with Gasteiger partial charge < -0.3 is 10.1 Å². The molecule has 1 N–H and O–H groups in total. The number of nitrogens with one attached hydrogen (secondary N) is 1. The fraction of sp³-hybridized carbons (Fsp3) is 0.278. The first-order valence-corrected chi connectivity index (χ1v) is 9.49. The first kappa shape index (κ1) is 17.4. The molecule has 0 unspecified atom stereocenters. The summed E-state index contributed by atoms with van der Waals surface area (Å²) < 4.78 is 32.2. The second-order valence-corrected chi connectivity index (χ2v) is 7.80. The van der Waals surface area contributed by atoms with Crippen LogP contribution in [0.3, 0.4) is 0 Å². The van der Waals surface area contributed by atoms with E-state index in [0.29, 0.717) is 24.4 Å². The van der Waals surface area contributed by atoms with Gasteiger partial charge in [-0.2, -0.15) is 0 Å². The monoisotopic (exact) mass is 360 g/mol. The highest BCUT2D eigenvalue weighted by Crippen LogP contribution is 2.24. The van der Waals surface area contributed by atoms with E-state index < -0.39 is 16.1 Å². The summed E-state index contributed by atoms with van der Waals surface area (Å²) in [5.41, 5.74) is 0.999. The van der Waals surface area contributed by atoms with Crippen molar-refractivity contribution in [1.82, 2.24) is 0 Å². The average molecular weight is 360 g/mol. The van der Waals surface area contributed by atoms with Gasteiger partial charge in [-0.25, -0.2) is 8.42 Å². The maximum Gasteiger partial charge on any atom is 0.264 e. The predicted molar refractivity (Wildman–Crippen MR) is 96.1 cm³/mol. The number of hydrogen-bond donors (Lipinski definition) is 1. The number of nitrogens with zero attached hydrogens (tertiary/aromatic N) is 1. The van der Waals surface area contributed by atoms with Gasteiger partial charge in [0.15, 0.2) is 0 Å². The minimum Gasteiger partial charge on any atom is -0.368 e. The van der Waals surface area contributed by atoms with E-state index >= 15 is 0 Å². The van der Waals surface area contributed by atoms with Crippen molar-refractivity contribution in [1.29, 1.82) is 0 Å². The van der Waals surface area contributed by atoms with Gasteiger partial charge in [0.25, 0.3) is 15.9 Å². The van der Waals surface area contributed by atoms with Crippen molar-refractivity contribution in [3.63, 3.8) is 0 Å². The molecule has 2 aromatic rings. The van der Waals surface area contributed by atoms with E-state index in [4.69, 9.17) is 4.74 Å². The average Bonchev–Trinajstić information content (AvgIpc) is 3.17. The van der Waals surface area contributed by atoms with Crippen LogP contribution in [-0.4, -0.2) is 34.1 Å². The predicted octanol–water partition coefficient (Wildman–Crippen LogP) is 2.63. The molecule has 1 fully saturated rings. The minimum atomic E-state index is -3.72. The molecule has 0 spiro atoms. The van der Waals surface area contributed by atoms with Gasteiger partial charge in [0.2, 0.25) is 0 Å². The highest BCUT2D eigenvalue weighted by molar-refractivity contribution is 7.92. The van der Waals surface area contributed by atoms with Gasteiger partial charge in [-0.3, -0.25) is 9.10 Å². The first-order valence-electron chi connectivity index (χ1n) is 8.05. The Hall–Kier alpha value is -2.38. The molecule has 0 aromatic heterocycles. The van der Waals surface area contributed by atoms with Crippen LogP contribution in [0.4, 0.5) is 11.4 Å². The molecule has 1 atom stereocenters. The van der Waals surface area contributed by atoms with Crippen molar-refractivity contribution in [3.8, 4) is 0 Å². The highest BCUT2D eigenvalue weighted by Gasteiger charge is 2.25. The molecule has 6 nitrogen and oxygen atoms in total. The number of rotatable bonds is 5. The number of sulfonamides is 1. The summed E-state index contributed by atoms with van der Waals surface area (Å²) in [5.74, 6) is -0.247. The number of para-hydroxylation sites is 1. The second-order valence-electron chi connectivity index (χ2n) is 5.83. The van der Waals surface area contributed by atoms with Crippen molar-refractivity contribution in [2.24, 2.45) is 0 Å². The molecule has 3 rings (SSSR count). The van der Waals surface area contributed by atoms with Crippen LogP contribution < -0.4 is 9.62 Å². The van der Waals surface area contributed by atoms with Crippen LogP contribution in [0, 0.1) is 0 Å². The fourth-order valence-electron chi connectivity index (χ4n) is 2.68. The number of carbonyl (C=O) groups is 1. The van der Waals surface area contributed by atoms with Gasteiger partial charge in [-0.05, 0) is 43.2 Å². The molecule has 2 aromatic carbocycles. The second kappa shape index (κ2) is 7.25. The van der Waals surface area contributed by atoms with Crippen LogP contribution >= 0.6 is 0 Å². The number of ether oxygens (including phenoxy) is 1. The van der Waals surface area contributed by atoms with Crippen molar-refractivity contribution >= 4 is 27.3 Å². The number of amides is 1. The Labute approximate surface area is 147 Å². The lowest BCUT2D eigenvalue weighted by Crippen LogP contribution is -2.28. The molecular formula is C18H20N2O4S. The molecule has 132 valence electrons. The zero-order chi connectivity index (χ0) is 17.9. The van der Waals surface area contributed by atoms with E-state index in [2.05, 4.69) is 5.32 Å². The van der Waals surface area contributed by atoms with Crippen LogP contribution in [0.5, 0.6) is 0 Å². The van der Waals surface area contributed by atoms with Crippen molar-refractivity contribution in [2.45, 2.75) is 23.8 Å². The zero-order valence-electron chi connectivity index (χ0n) is 13.9. The summed E-state index contributed by atoms with van der Waals surface area (Å²) >= 11 is 0. The van der Waals surface area contributed by atoms with Gasteiger partial charge in [0.05, 0.1) is 10.6 Å². The molecule has 1 heterocycles. The van der Waals surface area contributed by atoms with Gasteiger partial charge in [-0.1, -0.05) is 24.3 Å². The summed E-state index contributed by atoms with van der Waals surface area (Å²) in [5, 5.41) is 2.73. The zero-order valence-corrected chi connectivity index (χ0v) is 14.7. The quantitative estimate of drug-likeness (QED) is 0.889. The lowest BCUT2D eigenvalue weighted by molar-refractivity contribution is -0.124. The Morgan fingerprint density at radius 1 is 1.16 bits per heavy atom. The third-order valence-corrected chi connectivity index (χ3v) is 5.88. The van der Waals surface area contributed by atoms with Crippen molar-refractivity contribution < 1.29 is 17.9 Å². The summed E-state index contributed by atoms with van der Waals surface area (Å²) in [6, 6.07) is 15.1. The molecule has 1 aliphatic rings. The lowest BCUT2D eigenvalue weighted by Gasteiger charge is -2.20. The van der Waals surface area contributed by atoms with E-state index in [1.54, 1.807) is 36.4 Å². The Morgan fingerprint density at radius 2 is 1.92 bits per heavy atom. The minimum absolute atomic E-state index is 0.115. The largest absolute Gasteiger partial charge is 0.368 e. The van der Waals surface area contributed by atoms with E-state index in [0.717, 1.165) is 6.42 Å². The van der Waals surface area contributed by atoms with Crippen LogP contribution in [-0.2, 0) is 19.6 Å². The number of carbonyl (C=O) groups excluding carboxylic acids is 1. The summed E-state index contributed by atoms with van der Waals surface area (Å²) in [6.07, 6.45) is 1.07. The normalized spacial score (nSPS) is 17.2. The van der Waals surface area contributed by atoms with Crippen LogP contribution in [0.25, 0.3) is 0 Å². The van der Waals surface area contributed by atoms with Crippen molar-refractivity contribution in [2.75, 3.05) is 23.3 Å². The molecule has 0 aliphatic carbocycles. The molecule has 0 radical (unpaired) electrons. The summed E-state index contributed by atoms with van der Waals surface area (Å²) in [6.45, 7) is 0.578. The third kappa shape index (κ3) is 3.83. The lowest BCUT2D eigenvalue weighted by atomic mass is 10.2. The SMILES string of the molecule is CN(c1ccccc1)S(=O)(=O)c1cccc(NC(=O)[C@H]2CCCO2)c1. The van der Waals surface area contributed by atoms with Crippen LogP contribution in [0.15, 0.2) is 59.5 Å². The Balaban J connectivity index is 1.81. The third-order valence-electron chi connectivity index (χ3n) is 4.10. The van der Waals surface area contributed by atoms with E-state index in [1.165, 1.54) is 23.5 Å². The van der Waals surface area contributed by atoms with Gasteiger partial charge >= 0.3 is 0 Å². The Morgan fingerprint density at radius 3 is 2.60 bits per heavy atom. The molecule has 25 heavy (non-hydrogen) atoms. The topological polar surface area (TPSA) is 75.7 Å². The number of hydrogen-bond acceptors (Lipinski definition) is 4. The van der Waals surface area contributed by atoms with Gasteiger partial charge in [0, 0.05) is 19.3 Å². The molecule has 0 saturated carbocycles. The van der Waals surface area contributed by atoms with Gasteiger partial charge in [0.1, 0.15) is 6.10 Å². The number of benzene rings is 2. The van der Waals surface area contributed by atoms with E-state index in [1.807, 2.05) is 6.07 Å². The molecule has 1 aliphatic heterocycles. The highest BCUT2D eigenvalue weighted by atomic mass is 32.2. The molecular weight excluding hydrogens is 340 g/mol. The fourth-order valence-corrected chi connectivity index (χ4v) is 3.92. The number of anilines is 2. The van der Waals surface area contributed by atoms with Crippen LogP contribution in [0.2, 0.25) is 0 Å². The van der Waals surface area contributed by atoms with E-state index in [-0.39, 0.29) is 10.8 Å². The molecule has 0 bridgehead atoms. The maximum atomic E-state index is 12.8. The molecule has 1 saturated heterocycles. The Kier molecular flexibility index (Phi) is 5.06. The van der Waals surface area contributed by atoms with Crippen molar-refractivity contribution in [3.05, 3.63) is 54.6 Å². The molecule has 7 heteroatoms. The maximum absolute atomic E-state index is 12.8. The smallest absolute Gasteiger partial charge is 0.264 e.